The Hall–Kier alpha value is -1.56. The second-order valence-electron chi connectivity index (χ2n) is 5.38. The lowest BCUT2D eigenvalue weighted by Gasteiger charge is -2.08. The van der Waals surface area contributed by atoms with Crippen molar-refractivity contribution in [3.8, 4) is 5.75 Å². The first-order valence-corrected chi connectivity index (χ1v) is 9.53. The molecule has 0 bridgehead atoms. The van der Waals surface area contributed by atoms with Crippen molar-refractivity contribution in [1.29, 1.82) is 0 Å². The summed E-state index contributed by atoms with van der Waals surface area (Å²) in [5.41, 5.74) is 1.43. The summed E-state index contributed by atoms with van der Waals surface area (Å²) in [7, 11) is -3.81. The van der Waals surface area contributed by atoms with Crippen LogP contribution in [0.5, 0.6) is 5.75 Å². The number of carbonyl (C=O) groups excluding carboxylic acids is 1. The van der Waals surface area contributed by atoms with Crippen LogP contribution in [-0.2, 0) is 27.1 Å². The normalized spacial score (nSPS) is 11.3. The van der Waals surface area contributed by atoms with Crippen LogP contribution in [0.1, 0.15) is 24.5 Å². The zero-order valence-electron chi connectivity index (χ0n) is 13.0. The Bertz CT molecular complexity index is 830. The molecule has 0 saturated heterocycles. The van der Waals surface area contributed by atoms with Gasteiger partial charge in [0.15, 0.2) is 0 Å². The van der Waals surface area contributed by atoms with Crippen LogP contribution in [0, 0.1) is 0 Å². The van der Waals surface area contributed by atoms with E-state index in [9.17, 15) is 13.2 Å². The van der Waals surface area contributed by atoms with Crippen molar-refractivity contribution >= 4 is 39.1 Å². The van der Waals surface area contributed by atoms with Gasteiger partial charge in [-0.05, 0) is 48.7 Å². The Labute approximate surface area is 151 Å². The van der Waals surface area contributed by atoms with Crippen LogP contribution in [0.15, 0.2) is 42.5 Å². The summed E-state index contributed by atoms with van der Waals surface area (Å²) >= 11 is 11.7. The molecule has 0 fully saturated rings. The van der Waals surface area contributed by atoms with Gasteiger partial charge in [0.1, 0.15) is 17.3 Å². The maximum absolute atomic E-state index is 12.1. The van der Waals surface area contributed by atoms with Gasteiger partial charge in [0, 0.05) is 6.42 Å². The van der Waals surface area contributed by atoms with Crippen LogP contribution < -0.4 is 4.18 Å². The fourth-order valence-corrected chi connectivity index (χ4v) is 3.41. The van der Waals surface area contributed by atoms with Crippen molar-refractivity contribution in [3.05, 3.63) is 63.6 Å². The molecule has 0 spiro atoms. The summed E-state index contributed by atoms with van der Waals surface area (Å²) in [4.78, 5) is 11.0. The summed E-state index contributed by atoms with van der Waals surface area (Å²) in [6, 6.07) is 11.2. The van der Waals surface area contributed by atoms with E-state index in [1.807, 2.05) is 0 Å². The molecule has 4 nitrogen and oxygen atoms in total. The fraction of sp³-hybridized carbons (Fsp3) is 0.235. The zero-order valence-corrected chi connectivity index (χ0v) is 15.3. The zero-order chi connectivity index (χ0) is 17.7. The van der Waals surface area contributed by atoms with Gasteiger partial charge in [-0.2, -0.15) is 8.42 Å². The highest BCUT2D eigenvalue weighted by atomic mass is 35.5. The van der Waals surface area contributed by atoms with Crippen LogP contribution in [0.4, 0.5) is 0 Å². The van der Waals surface area contributed by atoms with E-state index in [2.05, 4.69) is 0 Å². The molecule has 24 heavy (non-hydrogen) atoms. The van der Waals surface area contributed by atoms with E-state index >= 15 is 0 Å². The largest absolute Gasteiger partial charge is 0.382 e. The minimum absolute atomic E-state index is 0.111. The van der Waals surface area contributed by atoms with E-state index in [1.54, 1.807) is 36.4 Å². The van der Waals surface area contributed by atoms with Gasteiger partial charge in [0.2, 0.25) is 0 Å². The molecule has 7 heteroatoms. The standard InChI is InChI=1S/C17H16Cl2O4S/c1-12(20)2-3-13-4-7-15(8-5-13)23-24(21,22)11-14-6-9-16(18)17(19)10-14/h4-10H,2-3,11H2,1H3. The molecule has 0 saturated carbocycles. The molecule has 0 aliphatic rings. The van der Waals surface area contributed by atoms with E-state index in [-0.39, 0.29) is 17.3 Å². The molecule has 2 aromatic carbocycles. The van der Waals surface area contributed by atoms with Crippen molar-refractivity contribution in [2.75, 3.05) is 0 Å². The lowest BCUT2D eigenvalue weighted by molar-refractivity contribution is -0.116. The molecule has 0 radical (unpaired) electrons. The molecule has 2 aromatic rings. The topological polar surface area (TPSA) is 60.4 Å². The smallest absolute Gasteiger partial charge is 0.313 e. The lowest BCUT2D eigenvalue weighted by atomic mass is 10.1. The second kappa shape index (κ2) is 8.01. The minimum atomic E-state index is -3.81. The third kappa shape index (κ3) is 5.82. The third-order valence-corrected chi connectivity index (χ3v) is 5.11. The Balaban J connectivity index is 2.03. The van der Waals surface area contributed by atoms with E-state index in [0.717, 1.165) is 5.56 Å². The first-order chi connectivity index (χ1) is 11.2. The number of benzene rings is 2. The molecule has 128 valence electrons. The first-order valence-electron chi connectivity index (χ1n) is 7.19. The summed E-state index contributed by atoms with van der Waals surface area (Å²) in [6.45, 7) is 1.53. The van der Waals surface area contributed by atoms with Crippen LogP contribution in [0.2, 0.25) is 10.0 Å². The number of carbonyl (C=O) groups is 1. The molecule has 0 heterocycles. The molecule has 0 aliphatic heterocycles. The van der Waals surface area contributed by atoms with Gasteiger partial charge in [-0.3, -0.25) is 0 Å². The average Bonchev–Trinajstić information content (AvgIpc) is 2.49. The highest BCUT2D eigenvalue weighted by molar-refractivity contribution is 7.86. The number of ketones is 1. The number of Topliss-reactive ketones (excluding diaryl/α,β-unsaturated/α-hetero) is 1. The summed E-state index contributed by atoms with van der Waals surface area (Å²) in [5, 5.41) is 0.652. The maximum Gasteiger partial charge on any atom is 0.313 e. The van der Waals surface area contributed by atoms with Gasteiger partial charge in [-0.25, -0.2) is 0 Å². The van der Waals surface area contributed by atoms with Crippen LogP contribution in [0.25, 0.3) is 0 Å². The molecule has 2 rings (SSSR count). The van der Waals surface area contributed by atoms with Gasteiger partial charge < -0.3 is 8.98 Å². The van der Waals surface area contributed by atoms with Crippen LogP contribution in [-0.4, -0.2) is 14.2 Å². The van der Waals surface area contributed by atoms with Gasteiger partial charge in [0.25, 0.3) is 0 Å². The predicted molar refractivity (Wildman–Crippen MR) is 95.2 cm³/mol. The Morgan fingerprint density at radius 1 is 1.00 bits per heavy atom. The Kier molecular flexibility index (Phi) is 6.27. The highest BCUT2D eigenvalue weighted by Crippen LogP contribution is 2.24. The number of hydrogen-bond donors (Lipinski definition) is 0. The molecule has 0 N–H and O–H groups in total. The van der Waals surface area contributed by atoms with Crippen molar-refractivity contribution in [2.24, 2.45) is 0 Å². The Morgan fingerprint density at radius 2 is 1.62 bits per heavy atom. The summed E-state index contributed by atoms with van der Waals surface area (Å²) < 4.78 is 29.3. The van der Waals surface area contributed by atoms with E-state index < -0.39 is 10.1 Å². The number of rotatable bonds is 7. The molecule has 0 atom stereocenters. The third-order valence-electron chi connectivity index (χ3n) is 3.24. The van der Waals surface area contributed by atoms with Crippen molar-refractivity contribution in [1.82, 2.24) is 0 Å². The predicted octanol–water partition coefficient (Wildman–Crippen LogP) is 4.42. The van der Waals surface area contributed by atoms with Gasteiger partial charge in [0.05, 0.1) is 10.0 Å². The summed E-state index contributed by atoms with van der Waals surface area (Å²) in [6.07, 6.45) is 1.07. The van der Waals surface area contributed by atoms with Crippen LogP contribution in [0.3, 0.4) is 0 Å². The van der Waals surface area contributed by atoms with E-state index in [4.69, 9.17) is 27.4 Å². The Morgan fingerprint density at radius 3 is 2.21 bits per heavy atom. The van der Waals surface area contributed by atoms with E-state index in [0.29, 0.717) is 28.5 Å². The quantitative estimate of drug-likeness (QED) is 0.660. The van der Waals surface area contributed by atoms with Gasteiger partial charge in [-0.1, -0.05) is 41.4 Å². The van der Waals surface area contributed by atoms with E-state index in [1.165, 1.54) is 13.0 Å². The van der Waals surface area contributed by atoms with Crippen molar-refractivity contribution in [3.63, 3.8) is 0 Å². The monoisotopic (exact) mass is 386 g/mol. The van der Waals surface area contributed by atoms with Crippen molar-refractivity contribution in [2.45, 2.75) is 25.5 Å². The molecule has 0 aromatic heterocycles. The van der Waals surface area contributed by atoms with Crippen LogP contribution >= 0.6 is 23.2 Å². The maximum atomic E-state index is 12.1. The molecule has 0 unspecified atom stereocenters. The average molecular weight is 387 g/mol. The molecule has 0 aliphatic carbocycles. The summed E-state index contributed by atoms with van der Waals surface area (Å²) in [5.74, 6) is 0.0249. The number of hydrogen-bond acceptors (Lipinski definition) is 4. The molecular formula is C17H16Cl2O4S. The molecular weight excluding hydrogens is 371 g/mol. The first kappa shape index (κ1) is 18.8. The lowest BCUT2D eigenvalue weighted by Crippen LogP contribution is -2.12. The van der Waals surface area contributed by atoms with Crippen molar-refractivity contribution < 1.29 is 17.4 Å². The highest BCUT2D eigenvalue weighted by Gasteiger charge is 2.15. The van der Waals surface area contributed by atoms with Gasteiger partial charge in [-0.15, -0.1) is 0 Å². The fourth-order valence-electron chi connectivity index (χ4n) is 2.04. The SMILES string of the molecule is CC(=O)CCc1ccc(OS(=O)(=O)Cc2ccc(Cl)c(Cl)c2)cc1. The number of aryl methyl sites for hydroxylation is 1. The minimum Gasteiger partial charge on any atom is -0.382 e. The second-order valence-corrected chi connectivity index (χ2v) is 7.76. The number of halogens is 2. The van der Waals surface area contributed by atoms with Gasteiger partial charge >= 0.3 is 10.1 Å². The molecule has 0 amide bonds.